The quantitative estimate of drug-likeness (QED) is 0.209. The Morgan fingerprint density at radius 3 is 1.90 bits per heavy atom. The highest BCUT2D eigenvalue weighted by Gasteiger charge is 2.50. The maximum Gasteiger partial charge on any atom is 0.415 e. The van der Waals surface area contributed by atoms with E-state index in [2.05, 4.69) is 0 Å². The Hall–Kier alpha value is -4.10. The molecule has 3 rings (SSSR count). The fourth-order valence-corrected chi connectivity index (χ4v) is 4.33. The monoisotopic (exact) mass is 578 g/mol. The van der Waals surface area contributed by atoms with E-state index in [1.54, 1.807) is 41.5 Å². The molecule has 0 spiro atoms. The van der Waals surface area contributed by atoms with Gasteiger partial charge in [-0.05, 0) is 66.5 Å². The van der Waals surface area contributed by atoms with Crippen molar-refractivity contribution in [3.8, 4) is 5.75 Å². The fraction of sp³-hybridized carbons (Fsp3) is 0.630. The number of hydrogen-bond acceptors (Lipinski definition) is 10. The Labute approximate surface area is 238 Å². The molecule has 1 saturated heterocycles. The minimum atomic E-state index is -1.32. The number of esters is 1. The van der Waals surface area contributed by atoms with Crippen molar-refractivity contribution in [2.24, 2.45) is 0 Å². The molecule has 1 aromatic rings. The third kappa shape index (κ3) is 8.44. The van der Waals surface area contributed by atoms with Gasteiger partial charge in [-0.2, -0.15) is 0 Å². The standard InChI is InChI=1S/C27H38N4O10/c1-26(2,3)40-24(34)28-14-15-29(25(35)41-27(4,5)6)21(22(32)38-7)20(28)16-30(17-8-9-17)23(33)39-19-12-10-18(11-13-19)31(36)37/h10-13,17,20-21H,8-9,14-16H2,1-7H3. The summed E-state index contributed by atoms with van der Waals surface area (Å²) < 4.78 is 21.7. The molecule has 1 heterocycles. The van der Waals surface area contributed by atoms with Crippen LogP contribution in [-0.2, 0) is 19.0 Å². The third-order valence-corrected chi connectivity index (χ3v) is 6.24. The number of benzene rings is 1. The molecule has 1 aliphatic carbocycles. The van der Waals surface area contributed by atoms with Gasteiger partial charge >= 0.3 is 24.2 Å². The summed E-state index contributed by atoms with van der Waals surface area (Å²) in [5.41, 5.74) is -1.87. The third-order valence-electron chi connectivity index (χ3n) is 6.24. The number of carbonyl (C=O) groups excluding carboxylic acids is 4. The number of non-ortho nitro benzene ring substituents is 1. The minimum absolute atomic E-state index is 0.00221. The van der Waals surface area contributed by atoms with E-state index < -0.39 is 52.5 Å². The second-order valence-electron chi connectivity index (χ2n) is 11.9. The van der Waals surface area contributed by atoms with Crippen molar-refractivity contribution in [1.82, 2.24) is 14.7 Å². The lowest BCUT2D eigenvalue weighted by atomic mass is 10.0. The molecule has 0 N–H and O–H groups in total. The summed E-state index contributed by atoms with van der Waals surface area (Å²) >= 11 is 0. The Morgan fingerprint density at radius 2 is 1.44 bits per heavy atom. The Morgan fingerprint density at radius 1 is 0.927 bits per heavy atom. The van der Waals surface area contributed by atoms with Crippen molar-refractivity contribution < 1.29 is 43.0 Å². The Kier molecular flexibility index (Phi) is 9.34. The van der Waals surface area contributed by atoms with Gasteiger partial charge in [0.05, 0.1) is 18.1 Å². The summed E-state index contributed by atoms with van der Waals surface area (Å²) in [4.78, 5) is 67.4. The van der Waals surface area contributed by atoms with Crippen LogP contribution in [0.3, 0.4) is 0 Å². The van der Waals surface area contributed by atoms with Crippen LogP contribution < -0.4 is 4.74 Å². The van der Waals surface area contributed by atoms with Gasteiger partial charge in [-0.3, -0.25) is 19.9 Å². The van der Waals surface area contributed by atoms with Gasteiger partial charge in [-0.1, -0.05) is 0 Å². The number of carbonyl (C=O) groups is 4. The molecule has 2 atom stereocenters. The van der Waals surface area contributed by atoms with Crippen LogP contribution in [0.2, 0.25) is 0 Å². The van der Waals surface area contributed by atoms with Crippen LogP contribution in [-0.4, -0.2) is 99.9 Å². The maximum atomic E-state index is 13.4. The molecule has 2 fully saturated rings. The molecule has 14 heteroatoms. The first kappa shape index (κ1) is 31.4. The van der Waals surface area contributed by atoms with Gasteiger partial charge in [0.1, 0.15) is 17.0 Å². The molecule has 0 bridgehead atoms. The maximum absolute atomic E-state index is 13.4. The van der Waals surface area contributed by atoms with Crippen LogP contribution in [0.5, 0.6) is 5.75 Å². The van der Waals surface area contributed by atoms with E-state index in [-0.39, 0.29) is 37.1 Å². The smallest absolute Gasteiger partial charge is 0.415 e. The zero-order valence-corrected chi connectivity index (χ0v) is 24.4. The largest absolute Gasteiger partial charge is 0.467 e. The van der Waals surface area contributed by atoms with Crippen molar-refractivity contribution in [2.45, 2.75) is 83.7 Å². The van der Waals surface area contributed by atoms with E-state index in [4.69, 9.17) is 18.9 Å². The van der Waals surface area contributed by atoms with Crippen LogP contribution in [0.4, 0.5) is 20.1 Å². The average Bonchev–Trinajstić information content (AvgIpc) is 3.69. The highest BCUT2D eigenvalue weighted by Crippen LogP contribution is 2.32. The second kappa shape index (κ2) is 12.2. The first-order valence-electron chi connectivity index (χ1n) is 13.3. The van der Waals surface area contributed by atoms with Crippen molar-refractivity contribution in [3.05, 3.63) is 34.4 Å². The zero-order valence-electron chi connectivity index (χ0n) is 24.4. The second-order valence-corrected chi connectivity index (χ2v) is 11.9. The molecular formula is C27H38N4O10. The molecule has 1 saturated carbocycles. The number of methoxy groups -OCH3 is 1. The summed E-state index contributed by atoms with van der Waals surface area (Å²) in [5, 5.41) is 11.0. The average molecular weight is 579 g/mol. The molecule has 2 unspecified atom stereocenters. The molecule has 0 radical (unpaired) electrons. The van der Waals surface area contributed by atoms with Crippen molar-refractivity contribution in [3.63, 3.8) is 0 Å². The lowest BCUT2D eigenvalue weighted by molar-refractivity contribution is -0.384. The first-order valence-corrected chi connectivity index (χ1v) is 13.3. The number of amides is 3. The number of ether oxygens (including phenoxy) is 4. The van der Waals surface area contributed by atoms with Gasteiger partial charge in [0, 0.05) is 37.8 Å². The molecule has 1 aliphatic heterocycles. The molecule has 14 nitrogen and oxygen atoms in total. The Balaban J connectivity index is 1.96. The number of nitro groups is 1. The van der Waals surface area contributed by atoms with Crippen LogP contribution in [0.25, 0.3) is 0 Å². The van der Waals surface area contributed by atoms with E-state index in [1.807, 2.05) is 0 Å². The van der Waals surface area contributed by atoms with E-state index in [0.717, 1.165) is 0 Å². The molecule has 226 valence electrons. The zero-order chi connectivity index (χ0) is 30.7. The van der Waals surface area contributed by atoms with Gasteiger partial charge in [0.15, 0.2) is 6.04 Å². The highest BCUT2D eigenvalue weighted by molar-refractivity contribution is 5.84. The summed E-state index contributed by atoms with van der Waals surface area (Å²) in [5.74, 6) is -0.715. The van der Waals surface area contributed by atoms with Gasteiger partial charge in [-0.15, -0.1) is 0 Å². The molecular weight excluding hydrogens is 540 g/mol. The van der Waals surface area contributed by atoms with Gasteiger partial charge in [0.2, 0.25) is 0 Å². The number of rotatable bonds is 6. The summed E-state index contributed by atoms with van der Waals surface area (Å²) in [6.45, 7) is 9.95. The topological polar surface area (TPSA) is 158 Å². The van der Waals surface area contributed by atoms with E-state index >= 15 is 0 Å². The van der Waals surface area contributed by atoms with Crippen LogP contribution in [0.1, 0.15) is 54.4 Å². The highest BCUT2D eigenvalue weighted by atomic mass is 16.6. The Bertz CT molecular complexity index is 1150. The predicted molar refractivity (Wildman–Crippen MR) is 144 cm³/mol. The molecule has 1 aromatic carbocycles. The number of nitro benzene ring substituents is 1. The van der Waals surface area contributed by atoms with Crippen molar-refractivity contribution in [2.75, 3.05) is 26.7 Å². The van der Waals surface area contributed by atoms with Crippen molar-refractivity contribution in [1.29, 1.82) is 0 Å². The first-order chi connectivity index (χ1) is 19.0. The van der Waals surface area contributed by atoms with Crippen LogP contribution in [0.15, 0.2) is 24.3 Å². The number of hydrogen-bond donors (Lipinski definition) is 0. The van der Waals surface area contributed by atoms with Crippen LogP contribution in [0, 0.1) is 10.1 Å². The van der Waals surface area contributed by atoms with Gasteiger partial charge in [-0.25, -0.2) is 19.2 Å². The normalized spacial score (nSPS) is 19.2. The van der Waals surface area contributed by atoms with E-state index in [9.17, 15) is 29.3 Å². The number of nitrogens with zero attached hydrogens (tertiary/aromatic N) is 4. The molecule has 2 aliphatic rings. The summed E-state index contributed by atoms with van der Waals surface area (Å²) in [7, 11) is 1.17. The van der Waals surface area contributed by atoms with Gasteiger partial charge in [0.25, 0.3) is 5.69 Å². The fourth-order valence-electron chi connectivity index (χ4n) is 4.33. The summed E-state index contributed by atoms with van der Waals surface area (Å²) in [6, 6.07) is 2.40. The molecule has 0 aromatic heterocycles. The van der Waals surface area contributed by atoms with E-state index in [0.29, 0.717) is 12.8 Å². The molecule has 3 amide bonds. The van der Waals surface area contributed by atoms with E-state index in [1.165, 1.54) is 46.1 Å². The lowest BCUT2D eigenvalue weighted by Gasteiger charge is -2.47. The predicted octanol–water partition coefficient (Wildman–Crippen LogP) is 3.96. The number of piperazine rings is 1. The summed E-state index contributed by atoms with van der Waals surface area (Å²) in [6.07, 6.45) is -0.947. The lowest BCUT2D eigenvalue weighted by Crippen LogP contribution is -2.68. The van der Waals surface area contributed by atoms with Gasteiger partial charge < -0.3 is 23.8 Å². The molecule has 41 heavy (non-hydrogen) atoms. The minimum Gasteiger partial charge on any atom is -0.467 e. The van der Waals surface area contributed by atoms with Crippen LogP contribution >= 0.6 is 0 Å². The van der Waals surface area contributed by atoms with Crippen molar-refractivity contribution >= 4 is 29.9 Å². The SMILES string of the molecule is COC(=O)C1C(CN(C(=O)Oc2ccc([N+](=O)[O-])cc2)C2CC2)N(C(=O)OC(C)(C)C)CCN1C(=O)OC(C)(C)C.